The molecule has 0 saturated heterocycles. The van der Waals surface area contributed by atoms with Crippen LogP contribution in [0, 0.1) is 0 Å². The standard InChI is InChI=1S/C13H30N2/c1-3-5-6-7-8-9-10-12-13(15-14)11-4-2/h13,15H,3-12,14H2,1-2H3. The van der Waals surface area contributed by atoms with E-state index in [1.807, 2.05) is 0 Å². The second-order valence-corrected chi connectivity index (χ2v) is 4.56. The predicted octanol–water partition coefficient (Wildman–Crippen LogP) is 3.76. The monoisotopic (exact) mass is 214 g/mol. The number of rotatable bonds is 11. The molecule has 0 saturated carbocycles. The van der Waals surface area contributed by atoms with Crippen LogP contribution in [0.2, 0.25) is 0 Å². The number of nitrogens with one attached hydrogen (secondary N) is 1. The third-order valence-corrected chi connectivity index (χ3v) is 3.03. The van der Waals surface area contributed by atoms with Gasteiger partial charge in [0.05, 0.1) is 0 Å². The largest absolute Gasteiger partial charge is 0.271 e. The van der Waals surface area contributed by atoms with Crippen molar-refractivity contribution in [2.75, 3.05) is 0 Å². The molecule has 0 aliphatic heterocycles. The van der Waals surface area contributed by atoms with Crippen LogP contribution in [0.5, 0.6) is 0 Å². The highest BCUT2D eigenvalue weighted by Crippen LogP contribution is 2.11. The highest BCUT2D eigenvalue weighted by atomic mass is 15.2. The summed E-state index contributed by atoms with van der Waals surface area (Å²) in [7, 11) is 0. The van der Waals surface area contributed by atoms with Crippen molar-refractivity contribution in [3.8, 4) is 0 Å². The molecule has 2 nitrogen and oxygen atoms in total. The molecule has 3 N–H and O–H groups in total. The molecular formula is C13H30N2. The molecule has 92 valence electrons. The third kappa shape index (κ3) is 10.2. The molecule has 0 spiro atoms. The molecule has 1 atom stereocenters. The van der Waals surface area contributed by atoms with Gasteiger partial charge in [0.15, 0.2) is 0 Å². The van der Waals surface area contributed by atoms with Crippen molar-refractivity contribution < 1.29 is 0 Å². The molecule has 0 fully saturated rings. The van der Waals surface area contributed by atoms with E-state index in [0.717, 1.165) is 0 Å². The molecule has 0 aromatic heterocycles. The SMILES string of the molecule is CCCCCCCCCC(CCC)NN. The molecule has 0 bridgehead atoms. The number of hydrazine groups is 1. The van der Waals surface area contributed by atoms with E-state index in [-0.39, 0.29) is 0 Å². The van der Waals surface area contributed by atoms with Crippen LogP contribution in [0.15, 0.2) is 0 Å². The van der Waals surface area contributed by atoms with E-state index in [4.69, 9.17) is 5.84 Å². The summed E-state index contributed by atoms with van der Waals surface area (Å²) in [6.45, 7) is 4.48. The topological polar surface area (TPSA) is 38.0 Å². The third-order valence-electron chi connectivity index (χ3n) is 3.03. The Morgan fingerprint density at radius 3 is 1.93 bits per heavy atom. The van der Waals surface area contributed by atoms with Crippen LogP contribution in [0.4, 0.5) is 0 Å². The molecule has 0 aromatic carbocycles. The van der Waals surface area contributed by atoms with Gasteiger partial charge in [-0.05, 0) is 12.8 Å². The van der Waals surface area contributed by atoms with E-state index in [1.165, 1.54) is 64.2 Å². The number of hydrogen-bond acceptors (Lipinski definition) is 2. The van der Waals surface area contributed by atoms with Crippen LogP contribution < -0.4 is 11.3 Å². The summed E-state index contributed by atoms with van der Waals surface area (Å²) < 4.78 is 0. The number of hydrogen-bond donors (Lipinski definition) is 2. The fourth-order valence-electron chi connectivity index (χ4n) is 2.01. The fraction of sp³-hybridized carbons (Fsp3) is 1.00. The Hall–Kier alpha value is -0.0800. The maximum Gasteiger partial charge on any atom is 0.0210 e. The Bertz CT molecular complexity index is 115. The Morgan fingerprint density at radius 2 is 1.40 bits per heavy atom. The Balaban J connectivity index is 3.14. The van der Waals surface area contributed by atoms with E-state index in [9.17, 15) is 0 Å². The molecule has 0 aliphatic rings. The van der Waals surface area contributed by atoms with Crippen molar-refractivity contribution in [3.05, 3.63) is 0 Å². The van der Waals surface area contributed by atoms with E-state index in [1.54, 1.807) is 0 Å². The van der Waals surface area contributed by atoms with E-state index >= 15 is 0 Å². The van der Waals surface area contributed by atoms with Gasteiger partial charge in [-0.15, -0.1) is 0 Å². The van der Waals surface area contributed by atoms with Gasteiger partial charge in [-0.1, -0.05) is 65.2 Å². The lowest BCUT2D eigenvalue weighted by molar-refractivity contribution is 0.434. The predicted molar refractivity (Wildman–Crippen MR) is 68.6 cm³/mol. The van der Waals surface area contributed by atoms with Crippen LogP contribution in [0.25, 0.3) is 0 Å². The normalized spacial score (nSPS) is 13.0. The lowest BCUT2D eigenvalue weighted by atomic mass is 10.0. The number of nitrogens with two attached hydrogens (primary N) is 1. The zero-order valence-corrected chi connectivity index (χ0v) is 10.7. The van der Waals surface area contributed by atoms with Gasteiger partial charge in [0.1, 0.15) is 0 Å². The van der Waals surface area contributed by atoms with Crippen molar-refractivity contribution >= 4 is 0 Å². The molecule has 0 rings (SSSR count). The summed E-state index contributed by atoms with van der Waals surface area (Å²) in [6.07, 6.45) is 13.4. The van der Waals surface area contributed by atoms with Gasteiger partial charge in [-0.25, -0.2) is 0 Å². The van der Waals surface area contributed by atoms with Crippen LogP contribution >= 0.6 is 0 Å². The van der Waals surface area contributed by atoms with Crippen molar-refractivity contribution in [1.82, 2.24) is 5.43 Å². The molecule has 1 unspecified atom stereocenters. The molecule has 0 heterocycles. The van der Waals surface area contributed by atoms with Crippen LogP contribution in [0.3, 0.4) is 0 Å². The highest BCUT2D eigenvalue weighted by molar-refractivity contribution is 4.62. The lowest BCUT2D eigenvalue weighted by Gasteiger charge is -2.14. The minimum atomic E-state index is 0.547. The molecule has 15 heavy (non-hydrogen) atoms. The zero-order chi connectivity index (χ0) is 11.4. The van der Waals surface area contributed by atoms with Crippen LogP contribution in [0.1, 0.15) is 78.1 Å². The molecule has 0 aromatic rings. The second kappa shape index (κ2) is 12.0. The molecule has 0 radical (unpaired) electrons. The zero-order valence-electron chi connectivity index (χ0n) is 10.7. The highest BCUT2D eigenvalue weighted by Gasteiger charge is 2.03. The second-order valence-electron chi connectivity index (χ2n) is 4.56. The van der Waals surface area contributed by atoms with Crippen molar-refractivity contribution in [3.63, 3.8) is 0 Å². The molecule has 0 amide bonds. The van der Waals surface area contributed by atoms with Crippen molar-refractivity contribution in [2.45, 2.75) is 84.1 Å². The van der Waals surface area contributed by atoms with Gasteiger partial charge in [0.2, 0.25) is 0 Å². The molecule has 0 aliphatic carbocycles. The van der Waals surface area contributed by atoms with E-state index in [2.05, 4.69) is 19.3 Å². The maximum absolute atomic E-state index is 5.49. The van der Waals surface area contributed by atoms with Crippen LogP contribution in [-0.2, 0) is 0 Å². The van der Waals surface area contributed by atoms with Gasteiger partial charge in [0, 0.05) is 6.04 Å². The van der Waals surface area contributed by atoms with Gasteiger partial charge in [-0.2, -0.15) is 0 Å². The molecular weight excluding hydrogens is 184 g/mol. The summed E-state index contributed by atoms with van der Waals surface area (Å²) in [4.78, 5) is 0. The lowest BCUT2D eigenvalue weighted by Crippen LogP contribution is -2.34. The first-order valence-electron chi connectivity index (χ1n) is 6.81. The van der Waals surface area contributed by atoms with Gasteiger partial charge in [-0.3, -0.25) is 11.3 Å². The van der Waals surface area contributed by atoms with Crippen molar-refractivity contribution in [2.24, 2.45) is 5.84 Å². The van der Waals surface area contributed by atoms with Gasteiger partial charge in [0.25, 0.3) is 0 Å². The average molecular weight is 214 g/mol. The summed E-state index contributed by atoms with van der Waals surface area (Å²) in [5, 5.41) is 0. The molecule has 2 heteroatoms. The van der Waals surface area contributed by atoms with Gasteiger partial charge < -0.3 is 0 Å². The Labute approximate surface area is 96.0 Å². The summed E-state index contributed by atoms with van der Waals surface area (Å²) in [6, 6.07) is 0.547. The summed E-state index contributed by atoms with van der Waals surface area (Å²) in [5.41, 5.74) is 2.91. The fourth-order valence-corrected chi connectivity index (χ4v) is 2.01. The summed E-state index contributed by atoms with van der Waals surface area (Å²) >= 11 is 0. The van der Waals surface area contributed by atoms with Gasteiger partial charge >= 0.3 is 0 Å². The quantitative estimate of drug-likeness (QED) is 0.312. The first-order chi connectivity index (χ1) is 7.35. The minimum Gasteiger partial charge on any atom is -0.271 e. The van der Waals surface area contributed by atoms with Crippen LogP contribution in [-0.4, -0.2) is 6.04 Å². The minimum absolute atomic E-state index is 0.547. The average Bonchev–Trinajstić information content (AvgIpc) is 2.26. The number of unbranched alkanes of at least 4 members (excludes halogenated alkanes) is 6. The van der Waals surface area contributed by atoms with Crippen molar-refractivity contribution in [1.29, 1.82) is 0 Å². The maximum atomic E-state index is 5.49. The smallest absolute Gasteiger partial charge is 0.0210 e. The Morgan fingerprint density at radius 1 is 0.800 bits per heavy atom. The van der Waals surface area contributed by atoms with E-state index < -0.39 is 0 Å². The first kappa shape index (κ1) is 14.9. The van der Waals surface area contributed by atoms with E-state index in [0.29, 0.717) is 6.04 Å². The Kier molecular flexibility index (Phi) is 11.9. The summed E-state index contributed by atoms with van der Waals surface area (Å²) in [5.74, 6) is 5.49. The first-order valence-corrected chi connectivity index (χ1v) is 6.81.